The Bertz CT molecular complexity index is 1230. The lowest BCUT2D eigenvalue weighted by molar-refractivity contribution is 0.0694. The first kappa shape index (κ1) is 16.2. The van der Waals surface area contributed by atoms with Crippen molar-refractivity contribution in [2.24, 2.45) is 0 Å². The molecule has 1 aromatic heterocycles. The molecule has 0 aliphatic rings. The summed E-state index contributed by atoms with van der Waals surface area (Å²) in [7, 11) is 0. The van der Waals surface area contributed by atoms with Gasteiger partial charge in [0.1, 0.15) is 22.5 Å². The summed E-state index contributed by atoms with van der Waals surface area (Å²) in [5, 5.41) is 10.3. The number of aromatic carboxylic acids is 1. The summed E-state index contributed by atoms with van der Waals surface area (Å²) in [5.74, 6) is -0.851. The van der Waals surface area contributed by atoms with Crippen LogP contribution >= 0.6 is 11.6 Å². The standard InChI is InChI=1S/C20H11ClO5/c21-15-6-3-5-13(20(23)24)19(15)25-11-8-9-17-14(10-11)18(22)12-4-1-2-7-16(12)26-17/h1-10H,(H,23,24). The Kier molecular flexibility index (Phi) is 3.86. The highest BCUT2D eigenvalue weighted by Gasteiger charge is 2.16. The zero-order chi connectivity index (χ0) is 18.3. The van der Waals surface area contributed by atoms with E-state index in [1.165, 1.54) is 24.3 Å². The Morgan fingerprint density at radius 3 is 2.54 bits per heavy atom. The molecule has 0 bridgehead atoms. The molecule has 0 aliphatic carbocycles. The molecular formula is C20H11ClO5. The van der Waals surface area contributed by atoms with Crippen molar-refractivity contribution in [1.29, 1.82) is 0 Å². The van der Waals surface area contributed by atoms with E-state index in [1.807, 2.05) is 0 Å². The van der Waals surface area contributed by atoms with Crippen LogP contribution in [0.2, 0.25) is 5.02 Å². The van der Waals surface area contributed by atoms with Gasteiger partial charge in [-0.1, -0.05) is 29.8 Å². The van der Waals surface area contributed by atoms with E-state index in [-0.39, 0.29) is 27.5 Å². The van der Waals surface area contributed by atoms with Gasteiger partial charge in [0, 0.05) is 0 Å². The molecule has 0 spiro atoms. The Balaban J connectivity index is 1.87. The summed E-state index contributed by atoms with van der Waals surface area (Å²) < 4.78 is 11.4. The smallest absolute Gasteiger partial charge is 0.339 e. The lowest BCUT2D eigenvalue weighted by Crippen LogP contribution is -2.03. The number of fused-ring (bicyclic) bond motifs is 2. The van der Waals surface area contributed by atoms with Gasteiger partial charge in [-0.3, -0.25) is 4.79 Å². The largest absolute Gasteiger partial charge is 0.478 e. The van der Waals surface area contributed by atoms with E-state index in [0.717, 1.165) is 0 Å². The molecule has 5 nitrogen and oxygen atoms in total. The lowest BCUT2D eigenvalue weighted by atomic mass is 10.1. The number of hydrogen-bond donors (Lipinski definition) is 1. The van der Waals surface area contributed by atoms with Crippen LogP contribution in [0.15, 0.2) is 69.9 Å². The van der Waals surface area contributed by atoms with Crippen LogP contribution in [-0.4, -0.2) is 11.1 Å². The van der Waals surface area contributed by atoms with E-state index in [1.54, 1.807) is 36.4 Å². The number of carboxylic acids is 1. The molecule has 0 amide bonds. The van der Waals surface area contributed by atoms with Gasteiger partial charge >= 0.3 is 5.97 Å². The Hall–Kier alpha value is -3.31. The zero-order valence-corrected chi connectivity index (χ0v) is 14.0. The first-order chi connectivity index (χ1) is 12.5. The van der Waals surface area contributed by atoms with Gasteiger partial charge in [-0.15, -0.1) is 0 Å². The van der Waals surface area contributed by atoms with Crippen LogP contribution in [-0.2, 0) is 0 Å². The average molecular weight is 367 g/mol. The molecule has 4 aromatic rings. The zero-order valence-electron chi connectivity index (χ0n) is 13.2. The van der Waals surface area contributed by atoms with Crippen LogP contribution in [0.3, 0.4) is 0 Å². The predicted molar refractivity (Wildman–Crippen MR) is 98.5 cm³/mol. The molecule has 4 rings (SSSR count). The van der Waals surface area contributed by atoms with Gasteiger partial charge in [0.15, 0.2) is 5.75 Å². The van der Waals surface area contributed by atoms with Crippen molar-refractivity contribution >= 4 is 39.5 Å². The third-order valence-electron chi connectivity index (χ3n) is 3.96. The monoisotopic (exact) mass is 366 g/mol. The second kappa shape index (κ2) is 6.20. The van der Waals surface area contributed by atoms with Crippen LogP contribution in [0.1, 0.15) is 10.4 Å². The van der Waals surface area contributed by atoms with Crippen molar-refractivity contribution in [3.63, 3.8) is 0 Å². The Morgan fingerprint density at radius 2 is 1.73 bits per heavy atom. The molecular weight excluding hydrogens is 356 g/mol. The molecule has 1 heterocycles. The maximum atomic E-state index is 12.7. The van der Waals surface area contributed by atoms with Gasteiger partial charge in [-0.2, -0.15) is 0 Å². The van der Waals surface area contributed by atoms with E-state index in [4.69, 9.17) is 20.8 Å². The minimum Gasteiger partial charge on any atom is -0.478 e. The van der Waals surface area contributed by atoms with Crippen LogP contribution in [0.4, 0.5) is 0 Å². The molecule has 6 heteroatoms. The van der Waals surface area contributed by atoms with Crippen molar-refractivity contribution in [2.45, 2.75) is 0 Å². The highest BCUT2D eigenvalue weighted by atomic mass is 35.5. The number of ether oxygens (including phenoxy) is 1. The van der Waals surface area contributed by atoms with E-state index < -0.39 is 5.97 Å². The second-order valence-electron chi connectivity index (χ2n) is 5.61. The summed E-state index contributed by atoms with van der Waals surface area (Å²) in [4.78, 5) is 24.1. The van der Waals surface area contributed by atoms with Gasteiger partial charge in [0.05, 0.1) is 15.8 Å². The number of benzene rings is 3. The fourth-order valence-corrected chi connectivity index (χ4v) is 2.96. The second-order valence-corrected chi connectivity index (χ2v) is 6.02. The predicted octanol–water partition coefficient (Wildman–Crippen LogP) is 5.09. The summed E-state index contributed by atoms with van der Waals surface area (Å²) >= 11 is 6.08. The number of carboxylic acid groups (broad SMARTS) is 1. The number of hydrogen-bond acceptors (Lipinski definition) is 4. The fraction of sp³-hybridized carbons (Fsp3) is 0. The Morgan fingerprint density at radius 1 is 0.962 bits per heavy atom. The minimum absolute atomic E-state index is 0.0196. The molecule has 128 valence electrons. The fourth-order valence-electron chi connectivity index (χ4n) is 2.74. The Labute approximate surface area is 152 Å². The summed E-state index contributed by atoms with van der Waals surface area (Å²) in [5.41, 5.74) is 0.657. The lowest BCUT2D eigenvalue weighted by Gasteiger charge is -2.11. The van der Waals surface area contributed by atoms with E-state index >= 15 is 0 Å². The van der Waals surface area contributed by atoms with Crippen LogP contribution < -0.4 is 10.2 Å². The highest BCUT2D eigenvalue weighted by molar-refractivity contribution is 6.32. The van der Waals surface area contributed by atoms with Crippen molar-refractivity contribution < 1.29 is 19.1 Å². The first-order valence-corrected chi connectivity index (χ1v) is 8.07. The molecule has 0 saturated carbocycles. The van der Waals surface area contributed by atoms with Crippen molar-refractivity contribution in [3.05, 3.63) is 81.5 Å². The molecule has 0 fully saturated rings. The maximum Gasteiger partial charge on any atom is 0.339 e. The van der Waals surface area contributed by atoms with Gasteiger partial charge in [0.2, 0.25) is 5.43 Å². The summed E-state index contributed by atoms with van der Waals surface area (Å²) in [6.07, 6.45) is 0. The van der Waals surface area contributed by atoms with Crippen molar-refractivity contribution in [3.8, 4) is 11.5 Å². The third-order valence-corrected chi connectivity index (χ3v) is 4.26. The third kappa shape index (κ3) is 2.68. The minimum atomic E-state index is -1.16. The maximum absolute atomic E-state index is 12.7. The SMILES string of the molecule is O=C(O)c1cccc(Cl)c1Oc1ccc2oc3ccccc3c(=O)c2c1. The topological polar surface area (TPSA) is 76.7 Å². The number of halogens is 1. The van der Waals surface area contributed by atoms with E-state index in [0.29, 0.717) is 21.9 Å². The van der Waals surface area contributed by atoms with Crippen molar-refractivity contribution in [1.82, 2.24) is 0 Å². The average Bonchev–Trinajstić information content (AvgIpc) is 2.64. The summed E-state index contributed by atoms with van der Waals surface area (Å²) in [6, 6.07) is 16.1. The number of rotatable bonds is 3. The quantitative estimate of drug-likeness (QED) is 0.511. The van der Waals surface area contributed by atoms with Crippen LogP contribution in [0.25, 0.3) is 21.9 Å². The molecule has 3 aromatic carbocycles. The number of para-hydroxylation sites is 2. The van der Waals surface area contributed by atoms with Gasteiger partial charge in [0.25, 0.3) is 0 Å². The van der Waals surface area contributed by atoms with Crippen LogP contribution in [0, 0.1) is 0 Å². The molecule has 0 atom stereocenters. The molecule has 26 heavy (non-hydrogen) atoms. The molecule has 0 aliphatic heterocycles. The van der Waals surface area contributed by atoms with E-state index in [2.05, 4.69) is 0 Å². The highest BCUT2D eigenvalue weighted by Crippen LogP contribution is 2.34. The van der Waals surface area contributed by atoms with E-state index in [9.17, 15) is 14.7 Å². The first-order valence-electron chi connectivity index (χ1n) is 7.70. The normalized spacial score (nSPS) is 11.0. The molecule has 0 saturated heterocycles. The van der Waals surface area contributed by atoms with Crippen LogP contribution in [0.5, 0.6) is 11.5 Å². The van der Waals surface area contributed by atoms with Gasteiger partial charge < -0.3 is 14.3 Å². The van der Waals surface area contributed by atoms with Crippen molar-refractivity contribution in [2.75, 3.05) is 0 Å². The molecule has 0 radical (unpaired) electrons. The summed E-state index contributed by atoms with van der Waals surface area (Å²) in [6.45, 7) is 0. The molecule has 0 unspecified atom stereocenters. The molecule has 1 N–H and O–H groups in total. The van der Waals surface area contributed by atoms with Gasteiger partial charge in [-0.25, -0.2) is 4.79 Å². The number of carbonyl (C=O) groups is 1. The van der Waals surface area contributed by atoms with Gasteiger partial charge in [-0.05, 0) is 42.5 Å².